The second-order valence-electron chi connectivity index (χ2n) is 9.50. The number of carbonyl (C=O) groups excluding carboxylic acids is 3. The van der Waals surface area contributed by atoms with Gasteiger partial charge in [-0.3, -0.25) is 14.4 Å². The van der Waals surface area contributed by atoms with Crippen LogP contribution in [0.3, 0.4) is 0 Å². The van der Waals surface area contributed by atoms with Gasteiger partial charge in [0.2, 0.25) is 17.7 Å². The lowest BCUT2D eigenvalue weighted by Crippen LogP contribution is -2.53. The fourth-order valence-electron chi connectivity index (χ4n) is 4.92. The first-order chi connectivity index (χ1) is 16.4. The van der Waals surface area contributed by atoms with Crippen molar-refractivity contribution in [2.75, 3.05) is 18.5 Å². The van der Waals surface area contributed by atoms with E-state index in [0.717, 1.165) is 29.8 Å². The Bertz CT molecular complexity index is 986. The largest absolute Gasteiger partial charge is 0.494 e. The quantitative estimate of drug-likeness (QED) is 0.415. The molecule has 2 unspecified atom stereocenters. The van der Waals surface area contributed by atoms with Gasteiger partial charge in [-0.2, -0.15) is 5.26 Å². The van der Waals surface area contributed by atoms with Crippen LogP contribution in [0.15, 0.2) is 18.2 Å². The van der Waals surface area contributed by atoms with Crippen LogP contribution in [0.1, 0.15) is 57.4 Å². The summed E-state index contributed by atoms with van der Waals surface area (Å²) in [7, 11) is 0. The number of benzene rings is 1. The van der Waals surface area contributed by atoms with Crippen molar-refractivity contribution in [3.63, 3.8) is 0 Å². The first kappa shape index (κ1) is 23.9. The van der Waals surface area contributed by atoms with Gasteiger partial charge in [0.1, 0.15) is 23.9 Å². The molecule has 1 saturated heterocycles. The highest BCUT2D eigenvalue weighted by Crippen LogP contribution is 2.42. The van der Waals surface area contributed by atoms with E-state index in [1.807, 2.05) is 32.0 Å². The van der Waals surface area contributed by atoms with Gasteiger partial charge in [-0.1, -0.05) is 25.8 Å². The number of rotatable bonds is 10. The minimum absolute atomic E-state index is 0.0791. The lowest BCUT2D eigenvalue weighted by Gasteiger charge is -2.24. The van der Waals surface area contributed by atoms with Crippen molar-refractivity contribution in [3.8, 4) is 11.8 Å². The van der Waals surface area contributed by atoms with Gasteiger partial charge in [0.25, 0.3) is 0 Å². The van der Waals surface area contributed by atoms with Crippen LogP contribution in [-0.2, 0) is 14.4 Å². The molecule has 0 bridgehead atoms. The number of amides is 3. The summed E-state index contributed by atoms with van der Waals surface area (Å²) in [5, 5.41) is 21.3. The number of carbonyl (C=O) groups is 3. The van der Waals surface area contributed by atoms with Gasteiger partial charge < -0.3 is 26.0 Å². The zero-order chi connectivity index (χ0) is 24.2. The smallest absolute Gasteiger partial charge is 0.243 e. The van der Waals surface area contributed by atoms with Crippen LogP contribution >= 0.6 is 0 Å². The van der Waals surface area contributed by atoms with Crippen LogP contribution < -0.4 is 26.0 Å². The van der Waals surface area contributed by atoms with Crippen LogP contribution in [0.4, 0.5) is 5.69 Å². The maximum atomic E-state index is 13.3. The molecule has 2 fully saturated rings. The van der Waals surface area contributed by atoms with Crippen LogP contribution in [0, 0.1) is 23.2 Å². The molecule has 3 aliphatic rings. The zero-order valence-corrected chi connectivity index (χ0v) is 19.7. The SMILES string of the molecule is CCOc1cccc2c1C(C)C(C(=O)N[C@@H](CC1CC1)C(=O)N[C@H](C#N)C[C@@H]1CCNC1=O)N2. The van der Waals surface area contributed by atoms with Crippen LogP contribution in [0.25, 0.3) is 0 Å². The highest BCUT2D eigenvalue weighted by Gasteiger charge is 2.39. The predicted molar refractivity (Wildman–Crippen MR) is 126 cm³/mol. The Kier molecular flexibility index (Phi) is 7.25. The Hall–Kier alpha value is -3.28. The molecule has 0 radical (unpaired) electrons. The van der Waals surface area contributed by atoms with E-state index < -0.39 is 18.1 Å². The minimum atomic E-state index is -0.776. The highest BCUT2D eigenvalue weighted by atomic mass is 16.5. The minimum Gasteiger partial charge on any atom is -0.494 e. The summed E-state index contributed by atoms with van der Waals surface area (Å²) in [6.45, 7) is 5.02. The van der Waals surface area contributed by atoms with E-state index >= 15 is 0 Å². The first-order valence-electron chi connectivity index (χ1n) is 12.2. The first-order valence-corrected chi connectivity index (χ1v) is 12.2. The number of nitrogens with one attached hydrogen (secondary N) is 4. The average molecular weight is 468 g/mol. The molecule has 1 aromatic carbocycles. The van der Waals surface area contributed by atoms with Gasteiger partial charge in [-0.15, -0.1) is 0 Å². The second kappa shape index (κ2) is 10.3. The Labute approximate surface area is 200 Å². The molecule has 0 spiro atoms. The third-order valence-corrected chi connectivity index (χ3v) is 6.97. The van der Waals surface area contributed by atoms with Gasteiger partial charge >= 0.3 is 0 Å². The van der Waals surface area contributed by atoms with E-state index in [0.29, 0.717) is 31.9 Å². The van der Waals surface area contributed by atoms with Crippen molar-refractivity contribution in [2.45, 2.75) is 70.0 Å². The number of nitriles is 1. The monoisotopic (exact) mass is 467 g/mol. The molecule has 1 saturated carbocycles. The lowest BCUT2D eigenvalue weighted by atomic mass is 9.95. The Morgan fingerprint density at radius 3 is 2.68 bits per heavy atom. The molecular weight excluding hydrogens is 434 g/mol. The number of fused-ring (bicyclic) bond motifs is 1. The fourth-order valence-corrected chi connectivity index (χ4v) is 4.92. The number of hydrogen-bond acceptors (Lipinski definition) is 6. The molecule has 1 aromatic rings. The van der Waals surface area contributed by atoms with E-state index in [1.54, 1.807) is 0 Å². The standard InChI is InChI=1S/C25H33N5O4/c1-3-34-20-6-4-5-18-21(20)14(2)22(29-18)25(33)30-19(11-15-7-8-15)24(32)28-17(13-26)12-16-9-10-27-23(16)31/h4-6,14-17,19,22,29H,3,7-12H2,1-2H3,(H,27,31)(H,28,32)(H,30,33)/t14?,16-,17-,19-,22?/m0/s1. The number of hydrogen-bond donors (Lipinski definition) is 4. The molecule has 34 heavy (non-hydrogen) atoms. The molecule has 3 amide bonds. The lowest BCUT2D eigenvalue weighted by molar-refractivity contribution is -0.130. The summed E-state index contributed by atoms with van der Waals surface area (Å²) in [5.41, 5.74) is 1.83. The molecule has 182 valence electrons. The van der Waals surface area contributed by atoms with E-state index in [9.17, 15) is 19.6 Å². The van der Waals surface area contributed by atoms with Gasteiger partial charge in [0.05, 0.1) is 12.7 Å². The van der Waals surface area contributed by atoms with Crippen molar-refractivity contribution in [3.05, 3.63) is 23.8 Å². The van der Waals surface area contributed by atoms with E-state index in [-0.39, 0.29) is 36.0 Å². The van der Waals surface area contributed by atoms with E-state index in [1.165, 1.54) is 0 Å². The molecule has 2 aliphatic heterocycles. The molecule has 4 rings (SSSR count). The predicted octanol–water partition coefficient (Wildman–Crippen LogP) is 1.80. The molecule has 0 aromatic heterocycles. The van der Waals surface area contributed by atoms with Gasteiger partial charge in [-0.25, -0.2) is 0 Å². The summed E-state index contributed by atoms with van der Waals surface area (Å²) < 4.78 is 5.75. The van der Waals surface area contributed by atoms with Gasteiger partial charge in [0.15, 0.2) is 0 Å². The maximum Gasteiger partial charge on any atom is 0.243 e. The molecule has 2 heterocycles. The Morgan fingerprint density at radius 1 is 1.24 bits per heavy atom. The summed E-state index contributed by atoms with van der Waals surface area (Å²) in [6, 6.07) is 5.78. The van der Waals surface area contributed by atoms with E-state index in [4.69, 9.17) is 4.74 Å². The Morgan fingerprint density at radius 2 is 2.03 bits per heavy atom. The molecule has 9 heteroatoms. The number of nitrogens with zero attached hydrogens (tertiary/aromatic N) is 1. The highest BCUT2D eigenvalue weighted by molar-refractivity contribution is 5.93. The summed E-state index contributed by atoms with van der Waals surface area (Å²) in [5.74, 6) is 0.0463. The molecule has 1 aliphatic carbocycles. The van der Waals surface area contributed by atoms with Crippen molar-refractivity contribution >= 4 is 23.4 Å². The Balaban J connectivity index is 1.41. The van der Waals surface area contributed by atoms with Crippen molar-refractivity contribution in [1.82, 2.24) is 16.0 Å². The molecule has 5 atom stereocenters. The molecular formula is C25H33N5O4. The van der Waals surface area contributed by atoms with Crippen molar-refractivity contribution < 1.29 is 19.1 Å². The number of ether oxygens (including phenoxy) is 1. The summed E-state index contributed by atoms with van der Waals surface area (Å²) in [4.78, 5) is 38.3. The van der Waals surface area contributed by atoms with Crippen molar-refractivity contribution in [2.24, 2.45) is 11.8 Å². The molecule has 9 nitrogen and oxygen atoms in total. The number of anilines is 1. The van der Waals surface area contributed by atoms with Crippen molar-refractivity contribution in [1.29, 1.82) is 5.26 Å². The van der Waals surface area contributed by atoms with Crippen LogP contribution in [-0.4, -0.2) is 49.0 Å². The second-order valence-corrected chi connectivity index (χ2v) is 9.50. The third kappa shape index (κ3) is 5.27. The van der Waals surface area contributed by atoms with Gasteiger partial charge in [0, 0.05) is 29.6 Å². The maximum absolute atomic E-state index is 13.3. The third-order valence-electron chi connectivity index (χ3n) is 6.97. The zero-order valence-electron chi connectivity index (χ0n) is 19.7. The molecule has 4 N–H and O–H groups in total. The van der Waals surface area contributed by atoms with Crippen LogP contribution in [0.5, 0.6) is 5.75 Å². The summed E-state index contributed by atoms with van der Waals surface area (Å²) in [6.07, 6.45) is 3.53. The van der Waals surface area contributed by atoms with Crippen LogP contribution in [0.2, 0.25) is 0 Å². The van der Waals surface area contributed by atoms with Gasteiger partial charge in [-0.05, 0) is 44.2 Å². The van der Waals surface area contributed by atoms with E-state index in [2.05, 4.69) is 27.3 Å². The average Bonchev–Trinajstić information content (AvgIpc) is 3.45. The topological polar surface area (TPSA) is 132 Å². The summed E-state index contributed by atoms with van der Waals surface area (Å²) >= 11 is 0. The fraction of sp³-hybridized carbons (Fsp3) is 0.600. The normalized spacial score (nSPS) is 24.7.